The molecule has 3 heterocycles. The number of ether oxygens (including phenoxy) is 1. The van der Waals surface area contributed by atoms with Gasteiger partial charge in [-0.2, -0.15) is 0 Å². The smallest absolute Gasteiger partial charge is 0.335 e. The van der Waals surface area contributed by atoms with Crippen LogP contribution in [0.15, 0.2) is 34.4 Å². The second kappa shape index (κ2) is 6.11. The van der Waals surface area contributed by atoms with Crippen LogP contribution in [-0.2, 0) is 16.0 Å². The van der Waals surface area contributed by atoms with E-state index in [2.05, 4.69) is 50.9 Å². The average Bonchev–Trinajstić information content (AvgIpc) is 3.17. The Balaban J connectivity index is 1.68. The molecule has 5 nitrogen and oxygen atoms in total. The minimum Gasteiger partial charge on any atom is -0.466 e. The van der Waals surface area contributed by atoms with Gasteiger partial charge in [0.15, 0.2) is 0 Å². The fourth-order valence-electron chi connectivity index (χ4n) is 5.56. The number of rotatable bonds is 1. The van der Waals surface area contributed by atoms with Gasteiger partial charge in [0.2, 0.25) is 0 Å². The molecule has 0 amide bonds. The molecule has 0 bridgehead atoms. The van der Waals surface area contributed by atoms with Gasteiger partial charge >= 0.3 is 5.97 Å². The summed E-state index contributed by atoms with van der Waals surface area (Å²) < 4.78 is 6.13. The van der Waals surface area contributed by atoms with E-state index in [-0.39, 0.29) is 29.8 Å². The van der Waals surface area contributed by atoms with Crippen LogP contribution < -0.4 is 0 Å². The van der Waals surface area contributed by atoms with E-state index >= 15 is 0 Å². The maximum absolute atomic E-state index is 12.4. The number of aromatic amines is 1. The Kier molecular flexibility index (Phi) is 3.92. The molecule has 2 aromatic rings. The lowest BCUT2D eigenvalue weighted by Crippen LogP contribution is -2.44. The molecule has 1 aromatic heterocycles. The standard InChI is InChI=1S/C21H23BrN2O3/c1-10-17(25)8-14-15(21(26)27-2)9-24-6-5-12-13-7-11(22)3-4-16(13)23-19(12)20(24)18(10)14/h3-4,7,9-10,14,17-18,20,23,25H,5-6,8H2,1-2H3/t10-,14+,17-,18+,20-/m0/s1. The van der Waals surface area contributed by atoms with Crippen LogP contribution >= 0.6 is 15.9 Å². The number of H-pyrrole nitrogens is 1. The van der Waals surface area contributed by atoms with Crippen LogP contribution in [0.25, 0.3) is 10.9 Å². The number of fused-ring (bicyclic) bond motifs is 7. The molecule has 2 aliphatic heterocycles. The van der Waals surface area contributed by atoms with Gasteiger partial charge in [-0.15, -0.1) is 0 Å². The molecule has 1 saturated carbocycles. The highest BCUT2D eigenvalue weighted by Gasteiger charge is 2.53. The van der Waals surface area contributed by atoms with Crippen molar-refractivity contribution in [2.24, 2.45) is 17.8 Å². The van der Waals surface area contributed by atoms with E-state index in [0.717, 1.165) is 23.0 Å². The Morgan fingerprint density at radius 3 is 3.00 bits per heavy atom. The Labute approximate surface area is 166 Å². The number of esters is 1. The molecule has 5 atom stereocenters. The van der Waals surface area contributed by atoms with Crippen LogP contribution in [0.4, 0.5) is 0 Å². The number of nitrogens with zero attached hydrogens (tertiary/aromatic N) is 1. The molecular formula is C21H23BrN2O3. The van der Waals surface area contributed by atoms with Crippen LogP contribution in [0.5, 0.6) is 0 Å². The summed E-state index contributed by atoms with van der Waals surface area (Å²) in [6.07, 6.45) is 3.16. The number of aliphatic hydroxyl groups is 1. The summed E-state index contributed by atoms with van der Waals surface area (Å²) >= 11 is 3.59. The third-order valence-electron chi connectivity index (χ3n) is 6.84. The predicted molar refractivity (Wildman–Crippen MR) is 106 cm³/mol. The minimum atomic E-state index is -0.392. The lowest BCUT2D eigenvalue weighted by molar-refractivity contribution is -0.137. The summed E-state index contributed by atoms with van der Waals surface area (Å²) in [7, 11) is 1.43. The number of nitrogens with one attached hydrogen (secondary N) is 1. The van der Waals surface area contributed by atoms with Crippen LogP contribution in [0.2, 0.25) is 0 Å². The fourth-order valence-corrected chi connectivity index (χ4v) is 5.92. The zero-order valence-electron chi connectivity index (χ0n) is 15.4. The van der Waals surface area contributed by atoms with Crippen molar-refractivity contribution >= 4 is 32.8 Å². The first-order valence-corrected chi connectivity index (χ1v) is 10.3. The zero-order chi connectivity index (χ0) is 18.9. The maximum Gasteiger partial charge on any atom is 0.335 e. The highest BCUT2D eigenvalue weighted by Crippen LogP contribution is 2.54. The van der Waals surface area contributed by atoms with E-state index in [9.17, 15) is 9.90 Å². The average molecular weight is 431 g/mol. The first-order chi connectivity index (χ1) is 13.0. The van der Waals surface area contributed by atoms with E-state index in [1.54, 1.807) is 0 Å². The molecule has 0 radical (unpaired) electrons. The number of methoxy groups -OCH3 is 1. The molecule has 0 spiro atoms. The van der Waals surface area contributed by atoms with E-state index in [1.807, 2.05) is 6.20 Å². The van der Waals surface area contributed by atoms with E-state index in [1.165, 1.54) is 23.8 Å². The van der Waals surface area contributed by atoms with Crippen molar-refractivity contribution in [1.29, 1.82) is 0 Å². The molecule has 2 N–H and O–H groups in total. The van der Waals surface area contributed by atoms with Gasteiger partial charge < -0.3 is 19.7 Å². The van der Waals surface area contributed by atoms with Crippen molar-refractivity contribution in [1.82, 2.24) is 9.88 Å². The highest BCUT2D eigenvalue weighted by molar-refractivity contribution is 9.10. The van der Waals surface area contributed by atoms with Gasteiger partial charge in [-0.1, -0.05) is 22.9 Å². The topological polar surface area (TPSA) is 65.6 Å². The molecule has 1 aromatic carbocycles. The molecule has 6 heteroatoms. The van der Waals surface area contributed by atoms with Crippen LogP contribution in [0, 0.1) is 17.8 Å². The SMILES string of the molecule is COC(=O)C1=CN2CCc3c([nH]c4ccc(Br)cc34)[C@@H]2[C@@H]2[C@@H](C)[C@@H](O)C[C@H]12. The Hall–Kier alpha value is -1.79. The summed E-state index contributed by atoms with van der Waals surface area (Å²) in [6, 6.07) is 6.52. The summed E-state index contributed by atoms with van der Waals surface area (Å²) in [4.78, 5) is 18.4. The molecule has 1 aliphatic carbocycles. The third-order valence-corrected chi connectivity index (χ3v) is 7.33. The highest BCUT2D eigenvalue weighted by atomic mass is 79.9. The molecule has 3 aliphatic rings. The van der Waals surface area contributed by atoms with E-state index in [0.29, 0.717) is 12.0 Å². The van der Waals surface area contributed by atoms with Gasteiger partial charge in [0.25, 0.3) is 0 Å². The second-order valence-corrected chi connectivity index (χ2v) is 8.98. The van der Waals surface area contributed by atoms with Gasteiger partial charge in [0.05, 0.1) is 24.8 Å². The molecule has 27 heavy (non-hydrogen) atoms. The van der Waals surface area contributed by atoms with Crippen molar-refractivity contribution in [2.75, 3.05) is 13.7 Å². The quantitative estimate of drug-likeness (QED) is 0.679. The van der Waals surface area contributed by atoms with Crippen molar-refractivity contribution in [3.8, 4) is 0 Å². The number of aliphatic hydroxyl groups excluding tert-OH is 1. The maximum atomic E-state index is 12.4. The summed E-state index contributed by atoms with van der Waals surface area (Å²) in [5, 5.41) is 11.9. The molecule has 0 saturated heterocycles. The predicted octanol–water partition coefficient (Wildman–Crippen LogP) is 3.53. The zero-order valence-corrected chi connectivity index (χ0v) is 17.0. The van der Waals surface area contributed by atoms with Crippen LogP contribution in [0.3, 0.4) is 0 Å². The number of hydrogen-bond acceptors (Lipinski definition) is 4. The Morgan fingerprint density at radius 2 is 2.22 bits per heavy atom. The van der Waals surface area contributed by atoms with Gasteiger partial charge in [-0.3, -0.25) is 0 Å². The van der Waals surface area contributed by atoms with Crippen molar-refractivity contribution in [2.45, 2.75) is 31.9 Å². The minimum absolute atomic E-state index is 0.0350. The lowest BCUT2D eigenvalue weighted by Gasteiger charge is -2.46. The normalized spacial score (nSPS) is 31.9. The third kappa shape index (κ3) is 2.42. The molecule has 0 unspecified atom stereocenters. The number of aromatic nitrogens is 1. The second-order valence-electron chi connectivity index (χ2n) is 8.06. The van der Waals surface area contributed by atoms with Crippen molar-refractivity contribution < 1.29 is 14.6 Å². The van der Waals surface area contributed by atoms with Crippen LogP contribution in [0.1, 0.15) is 30.6 Å². The van der Waals surface area contributed by atoms with Crippen molar-refractivity contribution in [3.63, 3.8) is 0 Å². The van der Waals surface area contributed by atoms with Gasteiger partial charge in [-0.05, 0) is 48.4 Å². The fraction of sp³-hybridized carbons (Fsp3) is 0.476. The summed E-state index contributed by atoms with van der Waals surface area (Å²) in [6.45, 7) is 2.98. The van der Waals surface area contributed by atoms with E-state index < -0.39 is 6.10 Å². The van der Waals surface area contributed by atoms with Crippen molar-refractivity contribution in [3.05, 3.63) is 45.7 Å². The first kappa shape index (κ1) is 17.3. The monoisotopic (exact) mass is 430 g/mol. The molecule has 1 fully saturated rings. The Bertz CT molecular complexity index is 966. The summed E-state index contributed by atoms with van der Waals surface area (Å²) in [5.74, 6) is 0.0820. The Morgan fingerprint density at radius 1 is 1.41 bits per heavy atom. The first-order valence-electron chi connectivity index (χ1n) is 9.53. The number of benzene rings is 1. The lowest BCUT2D eigenvalue weighted by atomic mass is 9.74. The molecule has 142 valence electrons. The largest absolute Gasteiger partial charge is 0.466 e. The van der Waals surface area contributed by atoms with E-state index in [4.69, 9.17) is 4.74 Å². The van der Waals surface area contributed by atoms with Crippen LogP contribution in [-0.4, -0.2) is 40.7 Å². The number of carbonyl (C=O) groups excluding carboxylic acids is 1. The van der Waals surface area contributed by atoms with Gasteiger partial charge in [0, 0.05) is 39.7 Å². The number of hydrogen-bond donors (Lipinski definition) is 2. The van der Waals surface area contributed by atoms with Gasteiger partial charge in [-0.25, -0.2) is 4.79 Å². The summed E-state index contributed by atoms with van der Waals surface area (Å²) in [5.41, 5.74) is 4.47. The number of halogens is 1. The molecule has 5 rings (SSSR count). The molecular weight excluding hydrogens is 408 g/mol. The number of carbonyl (C=O) groups is 1. The van der Waals surface area contributed by atoms with Gasteiger partial charge in [0.1, 0.15) is 0 Å².